The van der Waals surface area contributed by atoms with Gasteiger partial charge >= 0.3 is 0 Å². The monoisotopic (exact) mass is 189 g/mol. The molecule has 3 nitrogen and oxygen atoms in total. The highest BCUT2D eigenvalue weighted by Crippen LogP contribution is 2.14. The summed E-state index contributed by atoms with van der Waals surface area (Å²) in [7, 11) is 0. The second-order valence-electron chi connectivity index (χ2n) is 3.54. The van der Waals surface area contributed by atoms with Crippen molar-refractivity contribution in [2.75, 3.05) is 6.54 Å². The minimum absolute atomic E-state index is 0.646. The molecule has 2 heterocycles. The predicted octanol–water partition coefficient (Wildman–Crippen LogP) is 1.45. The lowest BCUT2D eigenvalue weighted by molar-refractivity contribution is 0.847. The maximum Gasteiger partial charge on any atom is 0.115 e. The normalized spacial score (nSPS) is 11.1. The summed E-state index contributed by atoms with van der Waals surface area (Å²) in [4.78, 5) is 4.52. The van der Waals surface area contributed by atoms with Crippen LogP contribution >= 0.6 is 0 Å². The van der Waals surface area contributed by atoms with Crippen LogP contribution in [0.2, 0.25) is 0 Å². The van der Waals surface area contributed by atoms with Crippen LogP contribution in [-0.4, -0.2) is 15.9 Å². The van der Waals surface area contributed by atoms with Gasteiger partial charge < -0.3 is 10.1 Å². The fraction of sp³-hybridized carbons (Fsp3) is 0.364. The standard InChI is InChI=1S/C11H15N3/c1-8-4-3-5-10-9(2)13-11(6-7-12)14(8)10/h3-5H,6-7,12H2,1-2H3. The van der Waals surface area contributed by atoms with Crippen LogP contribution in [-0.2, 0) is 6.42 Å². The summed E-state index contributed by atoms with van der Waals surface area (Å²) in [6.07, 6.45) is 0.833. The van der Waals surface area contributed by atoms with Gasteiger partial charge in [-0.2, -0.15) is 0 Å². The lowest BCUT2D eigenvalue weighted by atomic mass is 10.3. The molecule has 0 atom stereocenters. The Bertz CT molecular complexity index is 457. The van der Waals surface area contributed by atoms with Gasteiger partial charge in [-0.25, -0.2) is 4.98 Å². The van der Waals surface area contributed by atoms with Gasteiger partial charge in [0.05, 0.1) is 11.2 Å². The molecule has 14 heavy (non-hydrogen) atoms. The van der Waals surface area contributed by atoms with E-state index in [9.17, 15) is 0 Å². The van der Waals surface area contributed by atoms with E-state index in [0.29, 0.717) is 6.54 Å². The van der Waals surface area contributed by atoms with E-state index in [1.54, 1.807) is 0 Å². The first-order valence-electron chi connectivity index (χ1n) is 4.87. The molecule has 0 saturated heterocycles. The maximum absolute atomic E-state index is 5.56. The molecule has 2 N–H and O–H groups in total. The Morgan fingerprint density at radius 1 is 1.36 bits per heavy atom. The Morgan fingerprint density at radius 2 is 2.14 bits per heavy atom. The Hall–Kier alpha value is -1.35. The number of hydrogen-bond acceptors (Lipinski definition) is 2. The largest absolute Gasteiger partial charge is 0.330 e. The summed E-state index contributed by atoms with van der Waals surface area (Å²) < 4.78 is 2.18. The third kappa shape index (κ3) is 1.30. The number of rotatable bonds is 2. The van der Waals surface area contributed by atoms with Gasteiger partial charge in [0.1, 0.15) is 5.82 Å². The molecule has 74 valence electrons. The van der Waals surface area contributed by atoms with Crippen molar-refractivity contribution in [3.05, 3.63) is 35.4 Å². The number of nitrogens with two attached hydrogens (primary N) is 1. The van der Waals surface area contributed by atoms with E-state index in [1.807, 2.05) is 6.92 Å². The van der Waals surface area contributed by atoms with Gasteiger partial charge in [0.25, 0.3) is 0 Å². The summed E-state index contributed by atoms with van der Waals surface area (Å²) in [6.45, 7) is 4.77. The summed E-state index contributed by atoms with van der Waals surface area (Å²) in [6, 6.07) is 6.25. The number of aromatic nitrogens is 2. The van der Waals surface area contributed by atoms with E-state index in [4.69, 9.17) is 5.73 Å². The molecule has 2 aromatic rings. The zero-order chi connectivity index (χ0) is 10.1. The molecule has 0 radical (unpaired) electrons. The third-order valence-corrected chi connectivity index (χ3v) is 2.48. The lowest BCUT2D eigenvalue weighted by Crippen LogP contribution is -2.07. The first-order chi connectivity index (χ1) is 6.74. The molecule has 0 aliphatic heterocycles. The number of imidazole rings is 1. The van der Waals surface area contributed by atoms with Crippen LogP contribution in [0.3, 0.4) is 0 Å². The molecule has 0 amide bonds. The van der Waals surface area contributed by atoms with Crippen LogP contribution in [0.5, 0.6) is 0 Å². The summed E-state index contributed by atoms with van der Waals surface area (Å²) in [5.41, 5.74) is 9.04. The van der Waals surface area contributed by atoms with Crippen LogP contribution in [0, 0.1) is 13.8 Å². The fourth-order valence-corrected chi connectivity index (χ4v) is 1.84. The molecule has 0 fully saturated rings. The summed E-state index contributed by atoms with van der Waals surface area (Å²) >= 11 is 0. The van der Waals surface area contributed by atoms with Crippen LogP contribution < -0.4 is 5.73 Å². The first-order valence-corrected chi connectivity index (χ1v) is 4.87. The minimum atomic E-state index is 0.646. The summed E-state index contributed by atoms with van der Waals surface area (Å²) in [5.74, 6) is 1.07. The van der Waals surface area contributed by atoms with E-state index in [1.165, 1.54) is 11.2 Å². The molecular weight excluding hydrogens is 174 g/mol. The van der Waals surface area contributed by atoms with Crippen molar-refractivity contribution in [2.45, 2.75) is 20.3 Å². The second-order valence-corrected chi connectivity index (χ2v) is 3.54. The zero-order valence-electron chi connectivity index (χ0n) is 8.62. The predicted molar refractivity (Wildman–Crippen MR) is 57.4 cm³/mol. The van der Waals surface area contributed by atoms with Crippen molar-refractivity contribution in [2.24, 2.45) is 5.73 Å². The molecule has 0 aromatic carbocycles. The number of nitrogens with zero attached hydrogens (tertiary/aromatic N) is 2. The van der Waals surface area contributed by atoms with Gasteiger partial charge in [-0.3, -0.25) is 0 Å². The third-order valence-electron chi connectivity index (χ3n) is 2.48. The van der Waals surface area contributed by atoms with E-state index in [2.05, 4.69) is 34.5 Å². The fourth-order valence-electron chi connectivity index (χ4n) is 1.84. The lowest BCUT2D eigenvalue weighted by Gasteiger charge is -2.03. The molecular formula is C11H15N3. The molecule has 0 aliphatic carbocycles. The molecule has 0 bridgehead atoms. The average Bonchev–Trinajstić information content (AvgIpc) is 2.46. The summed E-state index contributed by atoms with van der Waals surface area (Å²) in [5, 5.41) is 0. The van der Waals surface area contributed by atoms with Crippen LogP contribution in [0.1, 0.15) is 17.2 Å². The Balaban J connectivity index is 2.72. The van der Waals surface area contributed by atoms with Crippen molar-refractivity contribution >= 4 is 5.52 Å². The Labute approximate surface area is 83.6 Å². The van der Waals surface area contributed by atoms with Crippen molar-refractivity contribution in [1.29, 1.82) is 0 Å². The number of fused-ring (bicyclic) bond motifs is 1. The SMILES string of the molecule is Cc1nc(CCN)n2c(C)cccc12. The second kappa shape index (κ2) is 3.42. The minimum Gasteiger partial charge on any atom is -0.330 e. The smallest absolute Gasteiger partial charge is 0.115 e. The van der Waals surface area contributed by atoms with Crippen LogP contribution in [0.25, 0.3) is 5.52 Å². The van der Waals surface area contributed by atoms with Gasteiger partial charge in [0.15, 0.2) is 0 Å². The van der Waals surface area contributed by atoms with E-state index < -0.39 is 0 Å². The van der Waals surface area contributed by atoms with Crippen molar-refractivity contribution in [3.63, 3.8) is 0 Å². The van der Waals surface area contributed by atoms with Crippen molar-refractivity contribution < 1.29 is 0 Å². The Morgan fingerprint density at radius 3 is 2.86 bits per heavy atom. The van der Waals surface area contributed by atoms with E-state index in [0.717, 1.165) is 17.9 Å². The number of hydrogen-bond donors (Lipinski definition) is 1. The molecule has 0 aliphatic rings. The van der Waals surface area contributed by atoms with E-state index in [-0.39, 0.29) is 0 Å². The molecule has 2 aromatic heterocycles. The highest BCUT2D eigenvalue weighted by atomic mass is 15.0. The average molecular weight is 189 g/mol. The van der Waals surface area contributed by atoms with Gasteiger partial charge in [-0.1, -0.05) is 6.07 Å². The molecule has 0 saturated carbocycles. The molecule has 0 spiro atoms. The highest BCUT2D eigenvalue weighted by Gasteiger charge is 2.07. The molecule has 2 rings (SSSR count). The van der Waals surface area contributed by atoms with E-state index >= 15 is 0 Å². The zero-order valence-corrected chi connectivity index (χ0v) is 8.62. The van der Waals surface area contributed by atoms with Gasteiger partial charge in [0.2, 0.25) is 0 Å². The topological polar surface area (TPSA) is 43.3 Å². The highest BCUT2D eigenvalue weighted by molar-refractivity contribution is 5.53. The molecule has 3 heteroatoms. The number of aryl methyl sites for hydroxylation is 2. The van der Waals surface area contributed by atoms with Crippen LogP contribution in [0.15, 0.2) is 18.2 Å². The van der Waals surface area contributed by atoms with Crippen LogP contribution in [0.4, 0.5) is 0 Å². The van der Waals surface area contributed by atoms with Gasteiger partial charge in [0, 0.05) is 12.1 Å². The maximum atomic E-state index is 5.56. The first kappa shape index (κ1) is 9.21. The van der Waals surface area contributed by atoms with Crippen molar-refractivity contribution in [3.8, 4) is 0 Å². The number of pyridine rings is 1. The van der Waals surface area contributed by atoms with Crippen molar-refractivity contribution in [1.82, 2.24) is 9.38 Å². The van der Waals surface area contributed by atoms with Gasteiger partial charge in [-0.05, 0) is 32.5 Å². The molecule has 0 unspecified atom stereocenters. The Kier molecular flexibility index (Phi) is 2.25. The quantitative estimate of drug-likeness (QED) is 0.777. The van der Waals surface area contributed by atoms with Gasteiger partial charge in [-0.15, -0.1) is 0 Å².